The summed E-state index contributed by atoms with van der Waals surface area (Å²) in [6.07, 6.45) is 1.83. The van der Waals surface area contributed by atoms with E-state index in [0.29, 0.717) is 55.9 Å². The molecule has 2 heterocycles. The van der Waals surface area contributed by atoms with Gasteiger partial charge in [-0.25, -0.2) is 9.69 Å². The molecule has 4 aliphatic rings. The first-order valence-corrected chi connectivity index (χ1v) is 21.9. The highest BCUT2D eigenvalue weighted by Gasteiger charge is 2.60. The van der Waals surface area contributed by atoms with Gasteiger partial charge in [-0.05, 0) is 141 Å². The number of amides is 3. The van der Waals surface area contributed by atoms with Gasteiger partial charge in [0, 0.05) is 55.1 Å². The van der Waals surface area contributed by atoms with Gasteiger partial charge in [0.25, 0.3) is 5.91 Å². The molecule has 8 atom stereocenters. The lowest BCUT2D eigenvalue weighted by Gasteiger charge is -2.44. The fourth-order valence-corrected chi connectivity index (χ4v) is 11.2. The molecular formula is C46H50Cl6N4O4. The average Bonchev–Trinajstić information content (AvgIpc) is 3.62. The molecule has 5 N–H and O–H groups in total. The van der Waals surface area contributed by atoms with E-state index in [1.54, 1.807) is 32.9 Å². The Morgan fingerprint density at radius 3 is 1.57 bits per heavy atom. The van der Waals surface area contributed by atoms with Gasteiger partial charge in [0.15, 0.2) is 0 Å². The molecule has 4 aromatic carbocycles. The smallest absolute Gasteiger partial charge is 0.417 e. The number of likely N-dealkylation sites (tertiary alicyclic amines) is 1. The van der Waals surface area contributed by atoms with Crippen LogP contribution in [-0.4, -0.2) is 52.6 Å². The molecule has 0 spiro atoms. The zero-order valence-corrected chi connectivity index (χ0v) is 37.3. The minimum atomic E-state index is -1.17. The highest BCUT2D eigenvalue weighted by molar-refractivity contribution is 6.35. The van der Waals surface area contributed by atoms with Gasteiger partial charge in [-0.15, -0.1) is 0 Å². The molecule has 14 heteroatoms. The third-order valence-electron chi connectivity index (χ3n) is 12.6. The average molecular weight is 936 g/mol. The van der Waals surface area contributed by atoms with Crippen LogP contribution in [0.3, 0.4) is 0 Å². The molecule has 2 aliphatic carbocycles. The molecular weight excluding hydrogens is 885 g/mol. The number of nitrogens with zero attached hydrogens (tertiary/aromatic N) is 1. The van der Waals surface area contributed by atoms with Crippen LogP contribution in [-0.2, 0) is 14.3 Å². The van der Waals surface area contributed by atoms with Crippen molar-refractivity contribution in [3.05, 3.63) is 137 Å². The van der Waals surface area contributed by atoms with Crippen LogP contribution in [0.25, 0.3) is 0 Å². The van der Waals surface area contributed by atoms with Gasteiger partial charge in [0.05, 0.1) is 0 Å². The molecule has 320 valence electrons. The summed E-state index contributed by atoms with van der Waals surface area (Å²) in [6.45, 7) is 6.06. The number of hydrogen-bond donors (Lipinski definition) is 3. The lowest BCUT2D eigenvalue weighted by molar-refractivity contribution is -0.132. The molecule has 0 aromatic heterocycles. The number of fused-ring (bicyclic) bond motifs is 2. The van der Waals surface area contributed by atoms with Gasteiger partial charge >= 0.3 is 6.09 Å². The largest absolute Gasteiger partial charge is 0.443 e. The number of rotatable bonds is 4. The summed E-state index contributed by atoms with van der Waals surface area (Å²) < 4.78 is 5.50. The van der Waals surface area contributed by atoms with E-state index in [9.17, 15) is 14.4 Å². The Morgan fingerprint density at radius 1 is 0.683 bits per heavy atom. The Kier molecular flexibility index (Phi) is 13.9. The van der Waals surface area contributed by atoms with Crippen molar-refractivity contribution in [2.45, 2.75) is 94.2 Å². The van der Waals surface area contributed by atoms with Crippen LogP contribution < -0.4 is 16.8 Å². The van der Waals surface area contributed by atoms with E-state index < -0.39 is 22.8 Å². The molecule has 2 aliphatic heterocycles. The van der Waals surface area contributed by atoms with Crippen LogP contribution in [0, 0.1) is 11.8 Å². The van der Waals surface area contributed by atoms with Crippen LogP contribution in [0.4, 0.5) is 4.79 Å². The Labute approximate surface area is 382 Å². The maximum Gasteiger partial charge on any atom is 0.417 e. The third kappa shape index (κ3) is 9.05. The fourth-order valence-electron chi connectivity index (χ4n) is 9.83. The molecule has 0 radical (unpaired) electrons. The van der Waals surface area contributed by atoms with Crippen molar-refractivity contribution in [3.8, 4) is 0 Å². The monoisotopic (exact) mass is 932 g/mol. The number of benzene rings is 4. The molecule has 3 amide bonds. The van der Waals surface area contributed by atoms with E-state index in [2.05, 4.69) is 5.32 Å². The summed E-state index contributed by atoms with van der Waals surface area (Å²) in [6, 6.07) is 26.5. The summed E-state index contributed by atoms with van der Waals surface area (Å²) in [7, 11) is 0. The normalized spacial score (nSPS) is 28.4. The topological polar surface area (TPSA) is 128 Å². The van der Waals surface area contributed by atoms with Crippen LogP contribution in [0.5, 0.6) is 0 Å². The second-order valence-corrected chi connectivity index (χ2v) is 19.7. The Morgan fingerprint density at radius 2 is 1.12 bits per heavy atom. The molecule has 4 fully saturated rings. The zero-order chi connectivity index (χ0) is 42.6. The second kappa shape index (κ2) is 18.0. The van der Waals surface area contributed by atoms with Gasteiger partial charge in [0.1, 0.15) is 16.7 Å². The number of carbonyl (C=O) groups is 3. The van der Waals surface area contributed by atoms with Crippen molar-refractivity contribution in [3.63, 3.8) is 0 Å². The molecule has 8 rings (SSSR count). The summed E-state index contributed by atoms with van der Waals surface area (Å²) in [5.41, 5.74) is 14.8. The molecule has 2 saturated heterocycles. The predicted octanol–water partition coefficient (Wildman–Crippen LogP) is 11.8. The standard InChI is InChI=1S/C25H27Cl3N2O3.C20H19Cl3N2O.CH4/c1-24(2,3)33-23(32)30-13-19-21(14-4-6-15(26)7-5-14)18(10-11-25(19,29)22(30)31)17-9-8-16(27)12-20(17)28;21-12-3-1-11(2-4-12)18-15(14-6-5-13(22)9-17(14)23)7-8-20(24)16(18)10-25-19(20)26;/h4-9,12,18-19,21H,10-11,13,29H2,1-3H3;1-6,9,15-16,18H,7-8,10,24H2,(H,25,26);1H4/t18-,19-,21-,25-;15-,16-,18-,20-;/m00./s1. The molecule has 8 nitrogen and oxygen atoms in total. The molecule has 0 unspecified atom stereocenters. The zero-order valence-electron chi connectivity index (χ0n) is 32.8. The molecule has 0 bridgehead atoms. The van der Waals surface area contributed by atoms with E-state index in [1.165, 1.54) is 4.90 Å². The van der Waals surface area contributed by atoms with E-state index in [1.807, 2.05) is 72.8 Å². The van der Waals surface area contributed by atoms with E-state index in [-0.39, 0.29) is 61.3 Å². The van der Waals surface area contributed by atoms with Crippen molar-refractivity contribution >= 4 is 87.5 Å². The van der Waals surface area contributed by atoms with Crippen molar-refractivity contribution in [1.29, 1.82) is 0 Å². The Bertz CT molecular complexity index is 2250. The number of ether oxygens (including phenoxy) is 1. The Hall–Kier alpha value is -3.05. The molecule has 2 saturated carbocycles. The quantitative estimate of drug-likeness (QED) is 0.187. The van der Waals surface area contributed by atoms with Crippen LogP contribution in [0.1, 0.15) is 99.8 Å². The Balaban J connectivity index is 0.000000203. The van der Waals surface area contributed by atoms with Gasteiger partial charge < -0.3 is 21.5 Å². The lowest BCUT2D eigenvalue weighted by Crippen LogP contribution is -2.56. The number of carbonyl (C=O) groups excluding carboxylic acids is 3. The first-order chi connectivity index (χ1) is 27.8. The first-order valence-electron chi connectivity index (χ1n) is 19.6. The minimum Gasteiger partial charge on any atom is -0.443 e. The summed E-state index contributed by atoms with van der Waals surface area (Å²) in [4.78, 5) is 39.9. The highest BCUT2D eigenvalue weighted by atomic mass is 35.5. The first kappa shape index (κ1) is 46.5. The maximum absolute atomic E-state index is 13.4. The van der Waals surface area contributed by atoms with Gasteiger partial charge in [-0.1, -0.05) is 113 Å². The SMILES string of the molecule is C.CC(C)(C)OC(=O)N1C[C@H]2[C@@H](c3ccc(Cl)cc3)[C@H](c3ccc(Cl)cc3Cl)CC[C@@]2(N)C1=O.N[C@@]12CC[C@@H](c3ccc(Cl)cc3Cl)[C@H](c3ccc(Cl)cc3)[C@@H]1CNC2=O. The van der Waals surface area contributed by atoms with Crippen molar-refractivity contribution in [2.75, 3.05) is 13.1 Å². The fraction of sp³-hybridized carbons (Fsp3) is 0.413. The maximum atomic E-state index is 13.4. The summed E-state index contributed by atoms with van der Waals surface area (Å²) in [5, 5.41) is 6.67. The lowest BCUT2D eigenvalue weighted by atomic mass is 9.60. The van der Waals surface area contributed by atoms with E-state index in [0.717, 1.165) is 28.7 Å². The number of imide groups is 1. The third-order valence-corrected chi connectivity index (χ3v) is 14.2. The van der Waals surface area contributed by atoms with E-state index >= 15 is 0 Å². The van der Waals surface area contributed by atoms with Crippen molar-refractivity contribution in [1.82, 2.24) is 10.2 Å². The van der Waals surface area contributed by atoms with Crippen LogP contribution >= 0.6 is 69.6 Å². The van der Waals surface area contributed by atoms with Gasteiger partial charge in [0.2, 0.25) is 5.91 Å². The van der Waals surface area contributed by atoms with E-state index in [4.69, 9.17) is 85.8 Å². The van der Waals surface area contributed by atoms with Gasteiger partial charge in [-0.3, -0.25) is 9.59 Å². The van der Waals surface area contributed by atoms with Crippen molar-refractivity contribution < 1.29 is 19.1 Å². The van der Waals surface area contributed by atoms with Crippen molar-refractivity contribution in [2.24, 2.45) is 23.3 Å². The molecule has 60 heavy (non-hydrogen) atoms. The van der Waals surface area contributed by atoms with Crippen LogP contribution in [0.15, 0.2) is 84.9 Å². The van der Waals surface area contributed by atoms with Crippen LogP contribution in [0.2, 0.25) is 30.1 Å². The number of nitrogens with two attached hydrogens (primary N) is 2. The van der Waals surface area contributed by atoms with Gasteiger partial charge in [-0.2, -0.15) is 0 Å². The number of halogens is 6. The number of nitrogens with one attached hydrogen (secondary N) is 1. The predicted molar refractivity (Wildman–Crippen MR) is 244 cm³/mol. The summed E-state index contributed by atoms with van der Waals surface area (Å²) in [5.74, 6) is -0.687. The minimum absolute atomic E-state index is 0. The molecule has 4 aromatic rings. The highest BCUT2D eigenvalue weighted by Crippen LogP contribution is 2.56. The number of hydrogen-bond acceptors (Lipinski definition) is 6. The second-order valence-electron chi connectivity index (χ2n) is 17.2. The summed E-state index contributed by atoms with van der Waals surface area (Å²) >= 11 is 37.6.